The summed E-state index contributed by atoms with van der Waals surface area (Å²) in [6, 6.07) is 0. The van der Waals surface area contributed by atoms with E-state index in [4.69, 9.17) is 4.74 Å². The fourth-order valence-electron chi connectivity index (χ4n) is 3.89. The van der Waals surface area contributed by atoms with E-state index in [1.54, 1.807) is 0 Å². The zero-order chi connectivity index (χ0) is 13.5. The van der Waals surface area contributed by atoms with E-state index < -0.39 is 0 Å². The second-order valence-corrected chi connectivity index (χ2v) is 6.81. The monoisotopic (exact) mass is 266 g/mol. The van der Waals surface area contributed by atoms with Crippen LogP contribution in [0.4, 0.5) is 0 Å². The molecule has 19 heavy (non-hydrogen) atoms. The molecule has 1 aliphatic carbocycles. The molecule has 0 bridgehead atoms. The Hall–Kier alpha value is -0.610. The standard InChI is InChI=1S/C15H26N2O2/c1-11(2)13-16-15(6-3-4-7-15)14(18)17(13)9-12-5-8-19-10-12/h11-13,16H,3-10H2,1-2H3. The molecule has 0 aromatic carbocycles. The molecule has 1 spiro atoms. The van der Waals surface area contributed by atoms with Crippen molar-refractivity contribution in [3.05, 3.63) is 0 Å². The van der Waals surface area contributed by atoms with Crippen LogP contribution in [0.25, 0.3) is 0 Å². The third-order valence-electron chi connectivity index (χ3n) is 5.00. The first-order valence-corrected chi connectivity index (χ1v) is 7.79. The van der Waals surface area contributed by atoms with Gasteiger partial charge in [0.05, 0.1) is 18.3 Å². The SMILES string of the molecule is CC(C)C1NC2(CCCC2)C(=O)N1CC1CCOC1. The third kappa shape index (κ3) is 2.29. The van der Waals surface area contributed by atoms with Crippen LogP contribution in [0.2, 0.25) is 0 Å². The Morgan fingerprint density at radius 1 is 1.42 bits per heavy atom. The van der Waals surface area contributed by atoms with Crippen LogP contribution in [0.1, 0.15) is 46.0 Å². The first kappa shape index (κ1) is 13.4. The highest BCUT2D eigenvalue weighted by Gasteiger charge is 2.53. The fraction of sp³-hybridized carbons (Fsp3) is 0.933. The normalized spacial score (nSPS) is 34.1. The average Bonchev–Trinajstić information content (AvgIpc) is 3.08. The Morgan fingerprint density at radius 3 is 2.74 bits per heavy atom. The van der Waals surface area contributed by atoms with Crippen molar-refractivity contribution in [1.29, 1.82) is 0 Å². The molecule has 2 aliphatic heterocycles. The summed E-state index contributed by atoms with van der Waals surface area (Å²) in [6.07, 6.45) is 5.72. The molecular formula is C15H26N2O2. The summed E-state index contributed by atoms with van der Waals surface area (Å²) in [5, 5.41) is 3.68. The number of amides is 1. The first-order valence-electron chi connectivity index (χ1n) is 7.79. The highest BCUT2D eigenvalue weighted by Crippen LogP contribution is 2.38. The average molecular weight is 266 g/mol. The van der Waals surface area contributed by atoms with Crippen molar-refractivity contribution in [3.8, 4) is 0 Å². The molecule has 4 nitrogen and oxygen atoms in total. The Morgan fingerprint density at radius 2 is 2.16 bits per heavy atom. The van der Waals surface area contributed by atoms with Crippen molar-refractivity contribution in [1.82, 2.24) is 10.2 Å². The minimum Gasteiger partial charge on any atom is -0.381 e. The Bertz CT molecular complexity index is 344. The second kappa shape index (κ2) is 5.06. The van der Waals surface area contributed by atoms with Crippen LogP contribution < -0.4 is 5.32 Å². The smallest absolute Gasteiger partial charge is 0.244 e. The molecule has 2 atom stereocenters. The van der Waals surface area contributed by atoms with Gasteiger partial charge in [-0.2, -0.15) is 0 Å². The molecule has 2 unspecified atom stereocenters. The molecule has 1 saturated carbocycles. The van der Waals surface area contributed by atoms with Crippen molar-refractivity contribution in [2.75, 3.05) is 19.8 Å². The van der Waals surface area contributed by atoms with Gasteiger partial charge in [-0.15, -0.1) is 0 Å². The Balaban J connectivity index is 1.76. The van der Waals surface area contributed by atoms with Gasteiger partial charge in [-0.3, -0.25) is 10.1 Å². The van der Waals surface area contributed by atoms with Gasteiger partial charge in [0.25, 0.3) is 0 Å². The summed E-state index contributed by atoms with van der Waals surface area (Å²) >= 11 is 0. The molecule has 1 amide bonds. The number of ether oxygens (including phenoxy) is 1. The van der Waals surface area contributed by atoms with Gasteiger partial charge in [-0.25, -0.2) is 0 Å². The van der Waals surface area contributed by atoms with Crippen molar-refractivity contribution in [2.45, 2.75) is 57.7 Å². The Labute approximate surface area is 115 Å². The second-order valence-electron chi connectivity index (χ2n) is 6.81. The molecule has 3 rings (SSSR count). The molecule has 0 aromatic heterocycles. The summed E-state index contributed by atoms with van der Waals surface area (Å²) in [5.41, 5.74) is -0.228. The maximum atomic E-state index is 12.9. The van der Waals surface area contributed by atoms with Crippen LogP contribution in [-0.2, 0) is 9.53 Å². The van der Waals surface area contributed by atoms with E-state index in [-0.39, 0.29) is 11.7 Å². The highest BCUT2D eigenvalue weighted by atomic mass is 16.5. The predicted octanol–water partition coefficient (Wildman–Crippen LogP) is 1.75. The number of nitrogens with zero attached hydrogens (tertiary/aromatic N) is 1. The lowest BCUT2D eigenvalue weighted by Crippen LogP contribution is -2.45. The predicted molar refractivity (Wildman–Crippen MR) is 73.6 cm³/mol. The van der Waals surface area contributed by atoms with E-state index in [0.29, 0.717) is 17.7 Å². The topological polar surface area (TPSA) is 41.6 Å². The summed E-state index contributed by atoms with van der Waals surface area (Å²) in [6.45, 7) is 6.96. The van der Waals surface area contributed by atoms with Crippen LogP contribution >= 0.6 is 0 Å². The van der Waals surface area contributed by atoms with Crippen molar-refractivity contribution in [3.63, 3.8) is 0 Å². The molecule has 2 heterocycles. The van der Waals surface area contributed by atoms with Crippen LogP contribution in [0.3, 0.4) is 0 Å². The number of hydrogen-bond donors (Lipinski definition) is 1. The van der Waals surface area contributed by atoms with E-state index in [9.17, 15) is 4.79 Å². The lowest BCUT2D eigenvalue weighted by molar-refractivity contribution is -0.134. The summed E-state index contributed by atoms with van der Waals surface area (Å²) in [4.78, 5) is 15.0. The molecule has 0 radical (unpaired) electrons. The lowest BCUT2D eigenvalue weighted by Gasteiger charge is -2.29. The van der Waals surface area contributed by atoms with Gasteiger partial charge in [0.1, 0.15) is 0 Å². The van der Waals surface area contributed by atoms with Crippen molar-refractivity contribution in [2.24, 2.45) is 11.8 Å². The molecule has 2 saturated heterocycles. The minimum atomic E-state index is -0.228. The third-order valence-corrected chi connectivity index (χ3v) is 5.00. The molecule has 4 heteroatoms. The highest BCUT2D eigenvalue weighted by molar-refractivity contribution is 5.89. The number of carbonyl (C=O) groups excluding carboxylic acids is 1. The number of rotatable bonds is 3. The molecule has 3 aliphatic rings. The number of nitrogens with one attached hydrogen (secondary N) is 1. The summed E-state index contributed by atoms with van der Waals surface area (Å²) in [5.74, 6) is 1.35. The molecule has 108 valence electrons. The van der Waals surface area contributed by atoms with Crippen LogP contribution in [0.15, 0.2) is 0 Å². The molecule has 1 N–H and O–H groups in total. The van der Waals surface area contributed by atoms with Gasteiger partial charge in [-0.1, -0.05) is 26.7 Å². The van der Waals surface area contributed by atoms with Gasteiger partial charge in [0.2, 0.25) is 5.91 Å². The zero-order valence-electron chi connectivity index (χ0n) is 12.2. The number of carbonyl (C=O) groups is 1. The van der Waals surface area contributed by atoms with Gasteiger partial charge < -0.3 is 9.64 Å². The summed E-state index contributed by atoms with van der Waals surface area (Å²) < 4.78 is 5.46. The van der Waals surface area contributed by atoms with Gasteiger partial charge in [-0.05, 0) is 25.2 Å². The molecule has 3 fully saturated rings. The van der Waals surface area contributed by atoms with E-state index in [1.165, 1.54) is 12.8 Å². The quantitative estimate of drug-likeness (QED) is 0.846. The van der Waals surface area contributed by atoms with Gasteiger partial charge in [0, 0.05) is 19.1 Å². The van der Waals surface area contributed by atoms with Gasteiger partial charge >= 0.3 is 0 Å². The van der Waals surface area contributed by atoms with Crippen molar-refractivity contribution < 1.29 is 9.53 Å². The molecular weight excluding hydrogens is 240 g/mol. The maximum Gasteiger partial charge on any atom is 0.244 e. The van der Waals surface area contributed by atoms with E-state index >= 15 is 0 Å². The zero-order valence-corrected chi connectivity index (χ0v) is 12.2. The molecule has 0 aromatic rings. The van der Waals surface area contributed by atoms with Crippen molar-refractivity contribution >= 4 is 5.91 Å². The maximum absolute atomic E-state index is 12.9. The lowest BCUT2D eigenvalue weighted by atomic mass is 9.97. The first-order chi connectivity index (χ1) is 9.12. The largest absolute Gasteiger partial charge is 0.381 e. The van der Waals surface area contributed by atoms with E-state index in [1.807, 2.05) is 0 Å². The van der Waals surface area contributed by atoms with Gasteiger partial charge in [0.15, 0.2) is 0 Å². The Kier molecular flexibility index (Phi) is 3.56. The van der Waals surface area contributed by atoms with Crippen LogP contribution in [-0.4, -0.2) is 42.3 Å². The van der Waals surface area contributed by atoms with E-state index in [2.05, 4.69) is 24.1 Å². The van der Waals surface area contributed by atoms with E-state index in [0.717, 1.165) is 39.0 Å². The minimum absolute atomic E-state index is 0.214. The summed E-state index contributed by atoms with van der Waals surface area (Å²) in [7, 11) is 0. The fourth-order valence-corrected chi connectivity index (χ4v) is 3.89. The number of hydrogen-bond acceptors (Lipinski definition) is 3. The van der Waals surface area contributed by atoms with Crippen LogP contribution in [0, 0.1) is 11.8 Å². The van der Waals surface area contributed by atoms with Crippen LogP contribution in [0.5, 0.6) is 0 Å².